The number of nitrogens with two attached hydrogens (primary N) is 1. The van der Waals surface area contributed by atoms with Gasteiger partial charge in [-0.15, -0.1) is 0 Å². The van der Waals surface area contributed by atoms with E-state index in [2.05, 4.69) is 18.7 Å². The van der Waals surface area contributed by atoms with Crippen LogP contribution in [0.5, 0.6) is 0 Å². The van der Waals surface area contributed by atoms with Crippen LogP contribution in [0.2, 0.25) is 0 Å². The number of nitrogens with zero attached hydrogens (tertiary/aromatic N) is 1. The molecule has 1 aromatic carbocycles. The molecule has 0 aromatic heterocycles. The van der Waals surface area contributed by atoms with E-state index in [0.29, 0.717) is 5.56 Å². The Balaban J connectivity index is 2.49. The maximum Gasteiger partial charge on any atom is 0.126 e. The maximum absolute atomic E-state index is 13.5. The van der Waals surface area contributed by atoms with E-state index in [0.717, 1.165) is 31.6 Å². The van der Waals surface area contributed by atoms with E-state index in [1.807, 2.05) is 6.07 Å². The smallest absolute Gasteiger partial charge is 0.126 e. The van der Waals surface area contributed by atoms with E-state index < -0.39 is 0 Å². The van der Waals surface area contributed by atoms with Gasteiger partial charge in [0.05, 0.1) is 0 Å². The van der Waals surface area contributed by atoms with Crippen molar-refractivity contribution in [2.75, 3.05) is 19.6 Å². The summed E-state index contributed by atoms with van der Waals surface area (Å²) in [5, 5.41) is 0. The average molecular weight is 266 g/mol. The van der Waals surface area contributed by atoms with Crippen molar-refractivity contribution >= 4 is 0 Å². The second kappa shape index (κ2) is 8.28. The molecular formula is C16H27FN2. The van der Waals surface area contributed by atoms with Gasteiger partial charge in [-0.1, -0.05) is 32.4 Å². The maximum atomic E-state index is 13.5. The summed E-state index contributed by atoms with van der Waals surface area (Å²) in [5.74, 6) is -0.161. The molecular weight excluding hydrogens is 239 g/mol. The zero-order chi connectivity index (χ0) is 14.3. The molecule has 0 amide bonds. The Morgan fingerprint density at radius 3 is 2.58 bits per heavy atom. The quantitative estimate of drug-likeness (QED) is 0.778. The number of hydrogen-bond donors (Lipinski definition) is 1. The molecule has 0 bridgehead atoms. The van der Waals surface area contributed by atoms with Crippen molar-refractivity contribution < 1.29 is 4.39 Å². The lowest BCUT2D eigenvalue weighted by Crippen LogP contribution is -2.28. The third kappa shape index (κ3) is 5.29. The van der Waals surface area contributed by atoms with Crippen molar-refractivity contribution in [2.45, 2.75) is 46.1 Å². The summed E-state index contributed by atoms with van der Waals surface area (Å²) in [5.41, 5.74) is 7.73. The minimum absolute atomic E-state index is 0.0780. The molecule has 0 aliphatic heterocycles. The topological polar surface area (TPSA) is 29.3 Å². The second-order valence-electron chi connectivity index (χ2n) is 5.19. The van der Waals surface area contributed by atoms with Crippen LogP contribution in [-0.4, -0.2) is 24.5 Å². The zero-order valence-electron chi connectivity index (χ0n) is 12.5. The highest BCUT2D eigenvalue weighted by Crippen LogP contribution is 2.18. The van der Waals surface area contributed by atoms with Gasteiger partial charge >= 0.3 is 0 Å². The lowest BCUT2D eigenvalue weighted by molar-refractivity contribution is 0.272. The first-order valence-corrected chi connectivity index (χ1v) is 7.32. The number of hydrogen-bond acceptors (Lipinski definition) is 2. The van der Waals surface area contributed by atoms with Gasteiger partial charge in [-0.3, -0.25) is 0 Å². The second-order valence-corrected chi connectivity index (χ2v) is 5.19. The van der Waals surface area contributed by atoms with E-state index >= 15 is 0 Å². The fraction of sp³-hybridized carbons (Fsp3) is 0.625. The third-order valence-electron chi connectivity index (χ3n) is 3.66. The molecule has 2 nitrogen and oxygen atoms in total. The molecule has 0 spiro atoms. The molecule has 1 rings (SSSR count). The Morgan fingerprint density at radius 1 is 1.26 bits per heavy atom. The summed E-state index contributed by atoms with van der Waals surface area (Å²) in [7, 11) is 0. The first kappa shape index (κ1) is 16.1. The lowest BCUT2D eigenvalue weighted by Gasteiger charge is -2.22. The Bertz CT molecular complexity index is 379. The first-order chi connectivity index (χ1) is 9.08. The molecule has 0 heterocycles. The van der Waals surface area contributed by atoms with Gasteiger partial charge in [-0.25, -0.2) is 4.39 Å². The fourth-order valence-corrected chi connectivity index (χ4v) is 2.14. The highest BCUT2D eigenvalue weighted by Gasteiger charge is 2.10. The predicted molar refractivity (Wildman–Crippen MR) is 79.7 cm³/mol. The van der Waals surface area contributed by atoms with Gasteiger partial charge in [0.15, 0.2) is 0 Å². The van der Waals surface area contributed by atoms with Gasteiger partial charge in [-0.05, 0) is 56.6 Å². The van der Waals surface area contributed by atoms with Gasteiger partial charge in [0, 0.05) is 6.04 Å². The molecule has 1 atom stereocenters. The normalized spacial score (nSPS) is 12.9. The number of unbranched alkanes of at least 4 members (excludes halogenated alkanes) is 1. The van der Waals surface area contributed by atoms with Gasteiger partial charge < -0.3 is 10.6 Å². The molecule has 1 unspecified atom stereocenters. The van der Waals surface area contributed by atoms with Crippen molar-refractivity contribution in [3.05, 3.63) is 35.1 Å². The molecule has 0 saturated heterocycles. The summed E-state index contributed by atoms with van der Waals surface area (Å²) in [6.07, 6.45) is 3.31. The molecule has 0 aliphatic carbocycles. The van der Waals surface area contributed by atoms with Crippen LogP contribution in [-0.2, 0) is 0 Å². The van der Waals surface area contributed by atoms with Crippen LogP contribution >= 0.6 is 0 Å². The van der Waals surface area contributed by atoms with Crippen LogP contribution in [0.4, 0.5) is 4.39 Å². The summed E-state index contributed by atoms with van der Waals surface area (Å²) in [6.45, 7) is 9.31. The minimum atomic E-state index is -0.161. The number of benzene rings is 1. The van der Waals surface area contributed by atoms with Gasteiger partial charge in [-0.2, -0.15) is 0 Å². The van der Waals surface area contributed by atoms with E-state index in [-0.39, 0.29) is 11.9 Å². The molecule has 108 valence electrons. The number of aryl methyl sites for hydroxylation is 1. The number of rotatable bonds is 8. The summed E-state index contributed by atoms with van der Waals surface area (Å²) < 4.78 is 13.5. The molecule has 0 radical (unpaired) electrons. The van der Waals surface area contributed by atoms with Crippen LogP contribution in [0.3, 0.4) is 0 Å². The lowest BCUT2D eigenvalue weighted by atomic mass is 10.0. The summed E-state index contributed by atoms with van der Waals surface area (Å²) in [6, 6.07) is 5.23. The van der Waals surface area contributed by atoms with Crippen LogP contribution < -0.4 is 5.73 Å². The van der Waals surface area contributed by atoms with Gasteiger partial charge in [0.2, 0.25) is 0 Å². The Labute approximate surface area is 116 Å². The van der Waals surface area contributed by atoms with Crippen LogP contribution in [0.15, 0.2) is 18.2 Å². The van der Waals surface area contributed by atoms with Crippen molar-refractivity contribution in [1.29, 1.82) is 0 Å². The van der Waals surface area contributed by atoms with Crippen molar-refractivity contribution in [2.24, 2.45) is 5.73 Å². The molecule has 0 saturated carbocycles. The van der Waals surface area contributed by atoms with E-state index in [1.54, 1.807) is 19.1 Å². The SMILES string of the molecule is CCCCN(CC)CCC(N)c1ccc(C)c(F)c1. The van der Waals surface area contributed by atoms with Crippen molar-refractivity contribution in [3.63, 3.8) is 0 Å². The van der Waals surface area contributed by atoms with Gasteiger partial charge in [0.1, 0.15) is 5.82 Å². The molecule has 0 fully saturated rings. The first-order valence-electron chi connectivity index (χ1n) is 7.32. The van der Waals surface area contributed by atoms with Crippen LogP contribution in [0.1, 0.15) is 50.3 Å². The highest BCUT2D eigenvalue weighted by molar-refractivity contribution is 5.25. The minimum Gasteiger partial charge on any atom is -0.324 e. The van der Waals surface area contributed by atoms with Gasteiger partial charge in [0.25, 0.3) is 0 Å². The summed E-state index contributed by atoms with van der Waals surface area (Å²) in [4.78, 5) is 2.41. The van der Waals surface area contributed by atoms with Crippen LogP contribution in [0, 0.1) is 12.7 Å². The largest absolute Gasteiger partial charge is 0.324 e. The third-order valence-corrected chi connectivity index (χ3v) is 3.66. The van der Waals surface area contributed by atoms with E-state index in [9.17, 15) is 4.39 Å². The monoisotopic (exact) mass is 266 g/mol. The van der Waals surface area contributed by atoms with E-state index in [4.69, 9.17) is 5.73 Å². The molecule has 1 aromatic rings. The number of halogens is 1. The highest BCUT2D eigenvalue weighted by atomic mass is 19.1. The Kier molecular flexibility index (Phi) is 7.03. The van der Waals surface area contributed by atoms with Crippen molar-refractivity contribution in [1.82, 2.24) is 4.90 Å². The van der Waals surface area contributed by atoms with Crippen LogP contribution in [0.25, 0.3) is 0 Å². The molecule has 0 aliphatic rings. The fourth-order valence-electron chi connectivity index (χ4n) is 2.14. The standard InChI is InChI=1S/C16H27FN2/c1-4-6-10-19(5-2)11-9-16(18)14-8-7-13(3)15(17)12-14/h7-8,12,16H,4-6,9-11,18H2,1-3H3. The summed E-state index contributed by atoms with van der Waals surface area (Å²) >= 11 is 0. The average Bonchev–Trinajstić information content (AvgIpc) is 2.41. The Hall–Kier alpha value is -0.930. The zero-order valence-corrected chi connectivity index (χ0v) is 12.5. The molecule has 19 heavy (non-hydrogen) atoms. The van der Waals surface area contributed by atoms with Crippen molar-refractivity contribution in [3.8, 4) is 0 Å². The Morgan fingerprint density at radius 2 is 2.00 bits per heavy atom. The predicted octanol–water partition coefficient (Wildman–Crippen LogP) is 3.65. The molecule has 3 heteroatoms. The molecule has 2 N–H and O–H groups in total. The van der Waals surface area contributed by atoms with E-state index in [1.165, 1.54) is 12.8 Å².